The molecule has 0 unspecified atom stereocenters. The summed E-state index contributed by atoms with van der Waals surface area (Å²) in [6, 6.07) is 10.3. The van der Waals surface area contributed by atoms with Gasteiger partial charge in [0.15, 0.2) is 0 Å². The second-order valence-electron chi connectivity index (χ2n) is 6.85. The van der Waals surface area contributed by atoms with E-state index in [2.05, 4.69) is 21.4 Å². The van der Waals surface area contributed by atoms with Gasteiger partial charge in [0, 0.05) is 50.1 Å². The van der Waals surface area contributed by atoms with Gasteiger partial charge in [0.2, 0.25) is 11.0 Å². The lowest BCUT2D eigenvalue weighted by molar-refractivity contribution is -0.140. The number of aromatic nitrogens is 2. The molecule has 1 aromatic carbocycles. The van der Waals surface area contributed by atoms with Crippen LogP contribution < -0.4 is 4.90 Å². The molecule has 1 amide bonds. The first-order valence-corrected chi connectivity index (χ1v) is 10.0. The quantitative estimate of drug-likeness (QED) is 0.824. The molecule has 2 aliphatic rings. The van der Waals surface area contributed by atoms with Crippen LogP contribution in [0.25, 0.3) is 0 Å². The van der Waals surface area contributed by atoms with E-state index in [1.807, 2.05) is 23.1 Å². The number of carbonyl (C=O) groups is 1. The summed E-state index contributed by atoms with van der Waals surface area (Å²) < 4.78 is 9.86. The summed E-state index contributed by atoms with van der Waals surface area (Å²) in [6.45, 7) is 4.55. The van der Waals surface area contributed by atoms with Gasteiger partial charge < -0.3 is 14.5 Å². The Labute approximate surface area is 158 Å². The van der Waals surface area contributed by atoms with Gasteiger partial charge in [0.25, 0.3) is 0 Å². The maximum atomic E-state index is 12.6. The van der Waals surface area contributed by atoms with Crippen LogP contribution in [0.3, 0.4) is 0 Å². The fraction of sp³-hybridized carbons (Fsp3) is 0.526. The largest absolute Gasteiger partial charge is 0.378 e. The molecule has 2 aromatic rings. The zero-order chi connectivity index (χ0) is 17.8. The topological polar surface area (TPSA) is 58.6 Å². The lowest BCUT2D eigenvalue weighted by Crippen LogP contribution is -2.46. The highest BCUT2D eigenvalue weighted by atomic mass is 32.1. The van der Waals surface area contributed by atoms with E-state index in [0.717, 1.165) is 56.4 Å². The molecule has 0 atom stereocenters. The molecular formula is C19H24N4O2S. The van der Waals surface area contributed by atoms with Gasteiger partial charge in [-0.2, -0.15) is 4.37 Å². The SMILES string of the molecule is O=C(C1CCN(c2nc(Cc3ccccc3)ns2)CC1)N1CCOCC1. The van der Waals surface area contributed by atoms with Crippen molar-refractivity contribution in [3.05, 3.63) is 41.7 Å². The number of rotatable bonds is 4. The van der Waals surface area contributed by atoms with Crippen molar-refractivity contribution in [3.8, 4) is 0 Å². The summed E-state index contributed by atoms with van der Waals surface area (Å²) in [5.41, 5.74) is 1.23. The number of benzene rings is 1. The molecule has 2 saturated heterocycles. The standard InChI is InChI=1S/C19H24N4O2S/c24-18(22-10-12-25-13-11-22)16-6-8-23(9-7-16)19-20-17(21-26-19)14-15-4-2-1-3-5-15/h1-5,16H,6-14H2. The predicted octanol–water partition coefficient (Wildman–Crippen LogP) is 2.20. The average molecular weight is 372 g/mol. The van der Waals surface area contributed by atoms with Gasteiger partial charge in [-0.05, 0) is 18.4 Å². The first-order valence-electron chi connectivity index (χ1n) is 9.27. The van der Waals surface area contributed by atoms with Crippen LogP contribution >= 0.6 is 11.5 Å². The van der Waals surface area contributed by atoms with Gasteiger partial charge in [-0.25, -0.2) is 4.98 Å². The van der Waals surface area contributed by atoms with Crippen LogP contribution in [0.2, 0.25) is 0 Å². The molecule has 26 heavy (non-hydrogen) atoms. The molecule has 7 heteroatoms. The minimum Gasteiger partial charge on any atom is -0.378 e. The summed E-state index contributed by atoms with van der Waals surface area (Å²) >= 11 is 1.47. The number of hydrogen-bond acceptors (Lipinski definition) is 6. The van der Waals surface area contributed by atoms with Crippen molar-refractivity contribution in [2.75, 3.05) is 44.3 Å². The van der Waals surface area contributed by atoms with Crippen LogP contribution in [-0.2, 0) is 16.0 Å². The highest BCUT2D eigenvalue weighted by Gasteiger charge is 2.30. The Morgan fingerprint density at radius 1 is 1.12 bits per heavy atom. The van der Waals surface area contributed by atoms with E-state index in [0.29, 0.717) is 19.1 Å². The van der Waals surface area contributed by atoms with Crippen LogP contribution in [0.4, 0.5) is 5.13 Å². The van der Waals surface area contributed by atoms with Gasteiger partial charge in [-0.15, -0.1) is 0 Å². The lowest BCUT2D eigenvalue weighted by Gasteiger charge is -2.35. The van der Waals surface area contributed by atoms with Crippen molar-refractivity contribution < 1.29 is 9.53 Å². The number of ether oxygens (including phenoxy) is 1. The summed E-state index contributed by atoms with van der Waals surface area (Å²) in [5, 5.41) is 0.980. The van der Waals surface area contributed by atoms with Crippen molar-refractivity contribution in [3.63, 3.8) is 0 Å². The monoisotopic (exact) mass is 372 g/mol. The van der Waals surface area contributed by atoms with Gasteiger partial charge in [-0.3, -0.25) is 4.79 Å². The first-order chi connectivity index (χ1) is 12.8. The Balaban J connectivity index is 1.31. The molecule has 0 aliphatic carbocycles. The summed E-state index contributed by atoms with van der Waals surface area (Å²) in [4.78, 5) is 21.6. The van der Waals surface area contributed by atoms with E-state index in [1.54, 1.807) is 0 Å². The summed E-state index contributed by atoms with van der Waals surface area (Å²) in [5.74, 6) is 1.32. The fourth-order valence-electron chi connectivity index (χ4n) is 3.58. The van der Waals surface area contributed by atoms with Crippen LogP contribution in [0.5, 0.6) is 0 Å². The number of hydrogen-bond donors (Lipinski definition) is 0. The molecular weight excluding hydrogens is 348 g/mol. The number of nitrogens with zero attached hydrogens (tertiary/aromatic N) is 4. The molecule has 6 nitrogen and oxygen atoms in total. The Morgan fingerprint density at radius 2 is 1.85 bits per heavy atom. The average Bonchev–Trinajstić information content (AvgIpc) is 3.17. The molecule has 0 spiro atoms. The highest BCUT2D eigenvalue weighted by Crippen LogP contribution is 2.26. The van der Waals surface area contributed by atoms with Gasteiger partial charge >= 0.3 is 0 Å². The molecule has 0 bridgehead atoms. The lowest BCUT2D eigenvalue weighted by atomic mass is 9.95. The summed E-state index contributed by atoms with van der Waals surface area (Å²) in [7, 11) is 0. The fourth-order valence-corrected chi connectivity index (χ4v) is 4.32. The van der Waals surface area contributed by atoms with Gasteiger partial charge in [0.05, 0.1) is 13.2 Å². The van der Waals surface area contributed by atoms with Crippen LogP contribution in [0, 0.1) is 5.92 Å². The zero-order valence-corrected chi connectivity index (χ0v) is 15.7. The third-order valence-electron chi connectivity index (χ3n) is 5.10. The number of carbonyl (C=O) groups excluding carboxylic acids is 1. The number of anilines is 1. The van der Waals surface area contributed by atoms with Crippen molar-refractivity contribution in [1.29, 1.82) is 0 Å². The molecule has 2 aliphatic heterocycles. The number of amides is 1. The Morgan fingerprint density at radius 3 is 2.58 bits per heavy atom. The van der Waals surface area contributed by atoms with Crippen molar-refractivity contribution in [2.24, 2.45) is 5.92 Å². The van der Waals surface area contributed by atoms with Crippen molar-refractivity contribution in [2.45, 2.75) is 19.3 Å². The molecule has 0 saturated carbocycles. The van der Waals surface area contributed by atoms with E-state index >= 15 is 0 Å². The number of piperidine rings is 1. The third kappa shape index (κ3) is 4.04. The van der Waals surface area contributed by atoms with E-state index in [4.69, 9.17) is 9.72 Å². The van der Waals surface area contributed by atoms with E-state index in [-0.39, 0.29) is 5.92 Å². The molecule has 2 fully saturated rings. The second-order valence-corrected chi connectivity index (χ2v) is 7.58. The molecule has 138 valence electrons. The highest BCUT2D eigenvalue weighted by molar-refractivity contribution is 7.09. The van der Waals surface area contributed by atoms with Crippen LogP contribution in [0.15, 0.2) is 30.3 Å². The number of morpholine rings is 1. The van der Waals surface area contributed by atoms with Crippen molar-refractivity contribution in [1.82, 2.24) is 14.3 Å². The van der Waals surface area contributed by atoms with Crippen molar-refractivity contribution >= 4 is 22.6 Å². The maximum Gasteiger partial charge on any atom is 0.225 e. The second kappa shape index (κ2) is 8.14. The minimum absolute atomic E-state index is 0.140. The first kappa shape index (κ1) is 17.4. The zero-order valence-electron chi connectivity index (χ0n) is 14.8. The van der Waals surface area contributed by atoms with E-state index < -0.39 is 0 Å². The molecule has 1 aromatic heterocycles. The van der Waals surface area contributed by atoms with E-state index in [9.17, 15) is 4.79 Å². The minimum atomic E-state index is 0.140. The van der Waals surface area contributed by atoms with Crippen LogP contribution in [-0.4, -0.2) is 59.6 Å². The molecule has 0 radical (unpaired) electrons. The smallest absolute Gasteiger partial charge is 0.225 e. The van der Waals surface area contributed by atoms with Gasteiger partial charge in [0.1, 0.15) is 5.82 Å². The molecule has 3 heterocycles. The predicted molar refractivity (Wildman–Crippen MR) is 101 cm³/mol. The molecule has 4 rings (SSSR count). The normalized spacial score (nSPS) is 18.9. The Hall–Kier alpha value is -1.99. The van der Waals surface area contributed by atoms with Gasteiger partial charge in [-0.1, -0.05) is 30.3 Å². The maximum absolute atomic E-state index is 12.6. The van der Waals surface area contributed by atoms with E-state index in [1.165, 1.54) is 17.1 Å². The Bertz CT molecular complexity index is 722. The molecule has 0 N–H and O–H groups in total. The van der Waals surface area contributed by atoms with Crippen LogP contribution in [0.1, 0.15) is 24.2 Å². The summed E-state index contributed by atoms with van der Waals surface area (Å²) in [6.07, 6.45) is 2.55. The Kier molecular flexibility index (Phi) is 5.45. The third-order valence-corrected chi connectivity index (χ3v) is 5.91.